The van der Waals surface area contributed by atoms with Crippen LogP contribution < -0.4 is 0 Å². The van der Waals surface area contributed by atoms with Crippen molar-refractivity contribution in [3.63, 3.8) is 0 Å². The lowest BCUT2D eigenvalue weighted by atomic mass is 10.5. The predicted octanol–water partition coefficient (Wildman–Crippen LogP) is 0.178. The maximum atomic E-state index is 10.9. The molecule has 5 heteroatoms. The number of sulfone groups is 1. The zero-order valence-corrected chi connectivity index (χ0v) is 7.72. The van der Waals surface area contributed by atoms with Crippen molar-refractivity contribution in [1.82, 2.24) is 0 Å². The highest BCUT2D eigenvalue weighted by Crippen LogP contribution is 1.98. The van der Waals surface area contributed by atoms with Crippen LogP contribution in [0.5, 0.6) is 0 Å². The van der Waals surface area contributed by atoms with Crippen LogP contribution in [0.3, 0.4) is 0 Å². The summed E-state index contributed by atoms with van der Waals surface area (Å²) in [4.78, 5) is 3.69. The highest BCUT2D eigenvalue weighted by Gasteiger charge is 2.16. The third-order valence-electron chi connectivity index (χ3n) is 1.08. The fraction of sp³-hybridized carbons (Fsp3) is 0.833. The summed E-state index contributed by atoms with van der Waals surface area (Å²) in [5, 5.41) is 8.74. The van der Waals surface area contributed by atoms with Crippen molar-refractivity contribution in [3.05, 3.63) is 0 Å². The maximum Gasteiger partial charge on any atom is 0.196 e. The summed E-state index contributed by atoms with van der Waals surface area (Å²) in [6.45, 7) is 4.63. The van der Waals surface area contributed by atoms with Crippen molar-refractivity contribution in [1.29, 1.82) is 0 Å². The molecule has 1 unspecified atom stereocenters. The molecule has 0 spiro atoms. The molecule has 0 radical (unpaired) electrons. The number of hydrogen-bond acceptors (Lipinski definition) is 4. The van der Waals surface area contributed by atoms with Gasteiger partial charge in [0.2, 0.25) is 0 Å². The van der Waals surface area contributed by atoms with Crippen LogP contribution in [0, 0.1) is 0 Å². The minimum atomic E-state index is -3.43. The fourth-order valence-corrected chi connectivity index (χ4v) is 0.981. The molecule has 0 rings (SSSR count). The Hall–Kier alpha value is -0.420. The van der Waals surface area contributed by atoms with Crippen molar-refractivity contribution in [2.45, 2.75) is 26.2 Å². The van der Waals surface area contributed by atoms with E-state index in [4.69, 9.17) is 5.11 Å². The largest absolute Gasteiger partial charge is 0.377 e. The van der Waals surface area contributed by atoms with Gasteiger partial charge in [0.05, 0.1) is 0 Å². The van der Waals surface area contributed by atoms with E-state index in [9.17, 15) is 8.42 Å². The molecule has 11 heavy (non-hydrogen) atoms. The van der Waals surface area contributed by atoms with Crippen molar-refractivity contribution in [2.75, 3.05) is 5.88 Å². The van der Waals surface area contributed by atoms with Crippen molar-refractivity contribution in [2.24, 2.45) is 4.99 Å². The molecule has 0 heterocycles. The van der Waals surface area contributed by atoms with Crippen LogP contribution in [-0.2, 0) is 9.84 Å². The second-order valence-electron chi connectivity index (χ2n) is 2.50. The summed E-state index contributed by atoms with van der Waals surface area (Å²) in [5.74, 6) is -0.326. The van der Waals surface area contributed by atoms with Crippen LogP contribution in [0.1, 0.15) is 20.8 Å². The topological polar surface area (TPSA) is 66.7 Å². The minimum absolute atomic E-state index is 0.326. The van der Waals surface area contributed by atoms with Crippen molar-refractivity contribution < 1.29 is 13.5 Å². The minimum Gasteiger partial charge on any atom is -0.377 e. The smallest absolute Gasteiger partial charge is 0.196 e. The van der Waals surface area contributed by atoms with Gasteiger partial charge in [0, 0.05) is 5.71 Å². The van der Waals surface area contributed by atoms with Gasteiger partial charge in [-0.2, -0.15) is 0 Å². The molecule has 0 bridgehead atoms. The lowest BCUT2D eigenvalue weighted by Gasteiger charge is -2.02. The molecule has 4 nitrogen and oxygen atoms in total. The molecular weight excluding hydrogens is 166 g/mol. The fourth-order valence-electron chi connectivity index (χ4n) is 0.327. The quantitative estimate of drug-likeness (QED) is 0.628. The Bertz CT molecular complexity index is 237. The molecule has 0 aliphatic rings. The summed E-state index contributed by atoms with van der Waals surface area (Å²) >= 11 is 0. The SMILES string of the molecule is CC(C)=NCS(=O)(=O)C(C)O. The number of nitrogens with zero attached hydrogens (tertiary/aromatic N) is 1. The third-order valence-corrected chi connectivity index (χ3v) is 2.61. The maximum absolute atomic E-state index is 10.9. The van der Waals surface area contributed by atoms with Crippen LogP contribution in [0.4, 0.5) is 0 Å². The lowest BCUT2D eigenvalue weighted by molar-refractivity contribution is 0.268. The number of aliphatic hydroxyl groups is 1. The van der Waals surface area contributed by atoms with Gasteiger partial charge in [-0.05, 0) is 20.8 Å². The molecule has 0 saturated carbocycles. The molecule has 0 saturated heterocycles. The zero-order chi connectivity index (χ0) is 9.07. The molecule has 1 atom stereocenters. The summed E-state index contributed by atoms with van der Waals surface area (Å²) in [6, 6.07) is 0. The molecule has 0 aliphatic carbocycles. The van der Waals surface area contributed by atoms with Gasteiger partial charge in [-0.1, -0.05) is 0 Å². The van der Waals surface area contributed by atoms with Gasteiger partial charge in [0.25, 0.3) is 0 Å². The van der Waals surface area contributed by atoms with Gasteiger partial charge in [0.1, 0.15) is 5.88 Å². The first kappa shape index (κ1) is 10.6. The normalized spacial score (nSPS) is 14.2. The van der Waals surface area contributed by atoms with E-state index in [2.05, 4.69) is 4.99 Å². The second kappa shape index (κ2) is 3.82. The molecular formula is C6H13NO3S. The van der Waals surface area contributed by atoms with Gasteiger partial charge in [-0.25, -0.2) is 8.42 Å². The van der Waals surface area contributed by atoms with Crippen molar-refractivity contribution >= 4 is 15.5 Å². The number of hydrogen-bond donors (Lipinski definition) is 1. The molecule has 0 aliphatic heterocycles. The van der Waals surface area contributed by atoms with Crippen molar-refractivity contribution in [3.8, 4) is 0 Å². The summed E-state index contributed by atoms with van der Waals surface area (Å²) < 4.78 is 21.8. The summed E-state index contributed by atoms with van der Waals surface area (Å²) in [7, 11) is -3.43. The standard InChI is InChI=1S/C6H13NO3S/c1-5(2)7-4-11(9,10)6(3)8/h6,8H,4H2,1-3H3. The monoisotopic (exact) mass is 179 g/mol. The van der Waals surface area contributed by atoms with Gasteiger partial charge in [-0.15, -0.1) is 0 Å². The molecule has 66 valence electrons. The van der Waals surface area contributed by atoms with Gasteiger partial charge < -0.3 is 5.11 Å². The van der Waals surface area contributed by atoms with E-state index >= 15 is 0 Å². The van der Waals surface area contributed by atoms with Crippen LogP contribution in [0.15, 0.2) is 4.99 Å². The Morgan fingerprint density at radius 3 is 2.27 bits per heavy atom. The average molecular weight is 179 g/mol. The predicted molar refractivity (Wildman–Crippen MR) is 44.3 cm³/mol. The highest BCUT2D eigenvalue weighted by atomic mass is 32.2. The van der Waals surface area contributed by atoms with E-state index in [-0.39, 0.29) is 5.88 Å². The first-order valence-electron chi connectivity index (χ1n) is 3.23. The molecule has 0 amide bonds. The Balaban J connectivity index is 4.28. The van der Waals surface area contributed by atoms with Crippen LogP contribution in [0.2, 0.25) is 0 Å². The van der Waals surface area contributed by atoms with E-state index in [0.717, 1.165) is 0 Å². The van der Waals surface area contributed by atoms with Gasteiger partial charge in [-0.3, -0.25) is 4.99 Å². The Kier molecular flexibility index (Phi) is 3.68. The zero-order valence-electron chi connectivity index (χ0n) is 6.90. The van der Waals surface area contributed by atoms with E-state index in [1.807, 2.05) is 0 Å². The Morgan fingerprint density at radius 1 is 1.55 bits per heavy atom. The Labute approximate surface area is 66.9 Å². The first-order valence-corrected chi connectivity index (χ1v) is 4.95. The van der Waals surface area contributed by atoms with E-state index < -0.39 is 15.3 Å². The number of rotatable bonds is 3. The van der Waals surface area contributed by atoms with E-state index in [1.165, 1.54) is 6.92 Å². The molecule has 1 N–H and O–H groups in total. The van der Waals surface area contributed by atoms with Crippen LogP contribution in [0.25, 0.3) is 0 Å². The van der Waals surface area contributed by atoms with Gasteiger partial charge >= 0.3 is 0 Å². The highest BCUT2D eigenvalue weighted by molar-refractivity contribution is 7.91. The number of aliphatic hydroxyl groups excluding tert-OH is 1. The second-order valence-corrected chi connectivity index (χ2v) is 4.76. The molecule has 0 fully saturated rings. The summed E-state index contributed by atoms with van der Waals surface area (Å²) in [5.41, 5.74) is -0.639. The van der Waals surface area contributed by atoms with E-state index in [0.29, 0.717) is 5.71 Å². The van der Waals surface area contributed by atoms with Crippen LogP contribution in [-0.4, -0.2) is 30.5 Å². The lowest BCUT2D eigenvalue weighted by Crippen LogP contribution is -2.19. The molecule has 0 aromatic rings. The van der Waals surface area contributed by atoms with E-state index in [1.54, 1.807) is 13.8 Å². The molecule has 0 aromatic carbocycles. The Morgan fingerprint density at radius 2 is 2.00 bits per heavy atom. The first-order chi connectivity index (χ1) is 4.86. The molecule has 0 aromatic heterocycles. The summed E-state index contributed by atoms with van der Waals surface area (Å²) in [6.07, 6.45) is 0. The number of aliphatic imine (C=N–C) groups is 1. The average Bonchev–Trinajstić information content (AvgIpc) is 1.84. The van der Waals surface area contributed by atoms with Crippen LogP contribution >= 0.6 is 0 Å². The van der Waals surface area contributed by atoms with Gasteiger partial charge in [0.15, 0.2) is 15.3 Å². The third kappa shape index (κ3) is 4.10.